The van der Waals surface area contributed by atoms with Gasteiger partial charge in [0.05, 0.1) is 6.54 Å². The Labute approximate surface area is 110 Å². The summed E-state index contributed by atoms with van der Waals surface area (Å²) in [5.74, 6) is 0. The van der Waals surface area contributed by atoms with E-state index in [2.05, 4.69) is 50.0 Å². The van der Waals surface area contributed by atoms with Gasteiger partial charge in [-0.1, -0.05) is 25.6 Å². The smallest absolute Gasteiger partial charge is 0.157 e. The molecule has 0 aromatic carbocycles. The summed E-state index contributed by atoms with van der Waals surface area (Å²) in [4.78, 5) is 7.05. The highest BCUT2D eigenvalue weighted by molar-refractivity contribution is 8.14. The van der Waals surface area contributed by atoms with Gasteiger partial charge in [-0.05, 0) is 33.7 Å². The molecule has 1 saturated heterocycles. The maximum absolute atomic E-state index is 4.67. The van der Waals surface area contributed by atoms with E-state index in [1.165, 1.54) is 12.8 Å². The van der Waals surface area contributed by atoms with E-state index in [1.54, 1.807) is 0 Å². The van der Waals surface area contributed by atoms with Gasteiger partial charge in [-0.3, -0.25) is 4.99 Å². The lowest BCUT2D eigenvalue weighted by Crippen LogP contribution is -2.39. The van der Waals surface area contributed by atoms with Crippen LogP contribution in [0, 0.1) is 0 Å². The van der Waals surface area contributed by atoms with Crippen molar-refractivity contribution in [2.24, 2.45) is 4.99 Å². The van der Waals surface area contributed by atoms with E-state index in [0.29, 0.717) is 17.3 Å². The highest BCUT2D eigenvalue weighted by Gasteiger charge is 2.19. The average molecular weight is 257 g/mol. The van der Waals surface area contributed by atoms with Crippen LogP contribution < -0.4 is 5.32 Å². The van der Waals surface area contributed by atoms with Crippen LogP contribution in [0.5, 0.6) is 0 Å². The number of thioether (sulfide) groups is 1. The number of nitrogens with one attached hydrogen (secondary N) is 1. The van der Waals surface area contributed by atoms with Gasteiger partial charge in [0.1, 0.15) is 0 Å². The second-order valence-corrected chi connectivity index (χ2v) is 6.56. The lowest BCUT2D eigenvalue weighted by molar-refractivity contribution is 0.259. The number of likely N-dealkylation sites (N-methyl/N-ethyl adjacent to an activating group) is 1. The van der Waals surface area contributed by atoms with Crippen LogP contribution in [0.25, 0.3) is 0 Å². The topological polar surface area (TPSA) is 27.6 Å². The van der Waals surface area contributed by atoms with Gasteiger partial charge in [0.2, 0.25) is 0 Å². The van der Waals surface area contributed by atoms with Crippen LogP contribution in [0.15, 0.2) is 4.99 Å². The number of nitrogens with zero attached hydrogens (tertiary/aromatic N) is 2. The van der Waals surface area contributed by atoms with Gasteiger partial charge in [-0.15, -0.1) is 0 Å². The second kappa shape index (κ2) is 7.27. The monoisotopic (exact) mass is 257 g/mol. The highest BCUT2D eigenvalue weighted by Crippen LogP contribution is 2.22. The molecule has 17 heavy (non-hydrogen) atoms. The standard InChI is InChI=1S/C13H27N3S/c1-6-11(3)16(5)8-7-14-13-15-10(2)9-12(4)17-13/h10-12H,6-9H2,1-5H3,(H,14,15). The number of rotatable bonds is 5. The summed E-state index contributed by atoms with van der Waals surface area (Å²) >= 11 is 1.88. The van der Waals surface area contributed by atoms with Crippen molar-refractivity contribution >= 4 is 16.9 Å². The predicted molar refractivity (Wildman–Crippen MR) is 79.0 cm³/mol. The van der Waals surface area contributed by atoms with Gasteiger partial charge in [-0.25, -0.2) is 0 Å². The molecule has 0 aromatic heterocycles. The largest absolute Gasteiger partial charge is 0.362 e. The number of amidine groups is 1. The van der Waals surface area contributed by atoms with Crippen LogP contribution in [-0.2, 0) is 0 Å². The molecular weight excluding hydrogens is 230 g/mol. The van der Waals surface area contributed by atoms with Crippen LogP contribution in [-0.4, -0.2) is 47.5 Å². The van der Waals surface area contributed by atoms with Gasteiger partial charge in [0.25, 0.3) is 0 Å². The zero-order valence-corrected chi connectivity index (χ0v) is 12.7. The molecule has 3 unspecified atom stereocenters. The Kier molecular flexibility index (Phi) is 6.34. The first-order valence-electron chi connectivity index (χ1n) is 6.70. The summed E-state index contributed by atoms with van der Waals surface area (Å²) in [6.07, 6.45) is 2.44. The fourth-order valence-corrected chi connectivity index (χ4v) is 3.17. The molecule has 1 heterocycles. The van der Waals surface area contributed by atoms with Crippen molar-refractivity contribution < 1.29 is 0 Å². The van der Waals surface area contributed by atoms with E-state index in [4.69, 9.17) is 0 Å². The van der Waals surface area contributed by atoms with Crippen molar-refractivity contribution in [3.05, 3.63) is 0 Å². The molecule has 0 aliphatic carbocycles. The third kappa shape index (κ3) is 5.30. The lowest BCUT2D eigenvalue weighted by atomic mass is 10.2. The highest BCUT2D eigenvalue weighted by atomic mass is 32.2. The van der Waals surface area contributed by atoms with Crippen molar-refractivity contribution in [1.29, 1.82) is 0 Å². The van der Waals surface area contributed by atoms with Crippen LogP contribution in [0.2, 0.25) is 0 Å². The second-order valence-electron chi connectivity index (χ2n) is 5.13. The molecular formula is C13H27N3S. The molecule has 0 saturated carbocycles. The van der Waals surface area contributed by atoms with Crippen molar-refractivity contribution in [2.45, 2.75) is 57.9 Å². The SMILES string of the molecule is CCC(C)N(C)CCN=C1NC(C)CC(C)S1. The molecule has 4 heteroatoms. The summed E-state index contributed by atoms with van der Waals surface area (Å²) in [6.45, 7) is 11.0. The average Bonchev–Trinajstić information content (AvgIpc) is 2.26. The Balaban J connectivity index is 2.33. The van der Waals surface area contributed by atoms with Gasteiger partial charge in [-0.2, -0.15) is 0 Å². The molecule has 0 radical (unpaired) electrons. The van der Waals surface area contributed by atoms with E-state index < -0.39 is 0 Å². The zero-order chi connectivity index (χ0) is 12.8. The van der Waals surface area contributed by atoms with E-state index in [9.17, 15) is 0 Å². The summed E-state index contributed by atoms with van der Waals surface area (Å²) in [5.41, 5.74) is 0. The van der Waals surface area contributed by atoms with E-state index >= 15 is 0 Å². The lowest BCUT2D eigenvalue weighted by Gasteiger charge is -2.27. The Morgan fingerprint density at radius 3 is 2.82 bits per heavy atom. The van der Waals surface area contributed by atoms with Crippen molar-refractivity contribution in [2.75, 3.05) is 20.1 Å². The summed E-state index contributed by atoms with van der Waals surface area (Å²) < 4.78 is 0. The molecule has 0 bridgehead atoms. The fourth-order valence-electron chi connectivity index (χ4n) is 1.96. The maximum Gasteiger partial charge on any atom is 0.157 e. The molecule has 1 fully saturated rings. The Bertz CT molecular complexity index is 243. The van der Waals surface area contributed by atoms with Crippen molar-refractivity contribution in [3.8, 4) is 0 Å². The predicted octanol–water partition coefficient (Wildman–Crippen LogP) is 2.58. The van der Waals surface area contributed by atoms with E-state index in [1.807, 2.05) is 11.8 Å². The number of hydrogen-bond acceptors (Lipinski definition) is 3. The molecule has 1 N–H and O–H groups in total. The van der Waals surface area contributed by atoms with Crippen LogP contribution >= 0.6 is 11.8 Å². The Morgan fingerprint density at radius 1 is 1.53 bits per heavy atom. The van der Waals surface area contributed by atoms with Crippen molar-refractivity contribution in [1.82, 2.24) is 10.2 Å². The van der Waals surface area contributed by atoms with Crippen LogP contribution in [0.3, 0.4) is 0 Å². The molecule has 0 aromatic rings. The molecule has 1 aliphatic heterocycles. The Morgan fingerprint density at radius 2 is 2.24 bits per heavy atom. The molecule has 3 atom stereocenters. The minimum atomic E-state index is 0.567. The van der Waals surface area contributed by atoms with E-state index in [0.717, 1.165) is 18.3 Å². The summed E-state index contributed by atoms with van der Waals surface area (Å²) in [6, 6.07) is 1.22. The normalized spacial score (nSPS) is 29.4. The van der Waals surface area contributed by atoms with Crippen LogP contribution in [0.4, 0.5) is 0 Å². The Hall–Kier alpha value is -0.220. The minimum absolute atomic E-state index is 0.567. The zero-order valence-electron chi connectivity index (χ0n) is 11.9. The third-order valence-corrected chi connectivity index (χ3v) is 4.48. The minimum Gasteiger partial charge on any atom is -0.362 e. The number of hydrogen-bond donors (Lipinski definition) is 1. The first-order valence-corrected chi connectivity index (χ1v) is 7.58. The molecule has 0 spiro atoms. The fraction of sp³-hybridized carbons (Fsp3) is 0.923. The third-order valence-electron chi connectivity index (χ3n) is 3.42. The van der Waals surface area contributed by atoms with Gasteiger partial charge < -0.3 is 10.2 Å². The van der Waals surface area contributed by atoms with Crippen LogP contribution in [0.1, 0.15) is 40.5 Å². The van der Waals surface area contributed by atoms with E-state index in [-0.39, 0.29) is 0 Å². The first kappa shape index (κ1) is 14.8. The quantitative estimate of drug-likeness (QED) is 0.820. The maximum atomic E-state index is 4.67. The summed E-state index contributed by atoms with van der Waals surface area (Å²) in [7, 11) is 2.18. The summed E-state index contributed by atoms with van der Waals surface area (Å²) in [5, 5.41) is 5.28. The first-order chi connectivity index (χ1) is 8.02. The molecule has 100 valence electrons. The van der Waals surface area contributed by atoms with Gasteiger partial charge >= 0.3 is 0 Å². The molecule has 0 amide bonds. The molecule has 1 rings (SSSR count). The number of aliphatic imine (C=N–C) groups is 1. The van der Waals surface area contributed by atoms with Gasteiger partial charge in [0.15, 0.2) is 5.17 Å². The van der Waals surface area contributed by atoms with Crippen molar-refractivity contribution in [3.63, 3.8) is 0 Å². The van der Waals surface area contributed by atoms with Gasteiger partial charge in [0, 0.05) is 23.9 Å². The molecule has 3 nitrogen and oxygen atoms in total. The molecule has 1 aliphatic rings.